The second kappa shape index (κ2) is 13.7. The van der Waals surface area contributed by atoms with Crippen LogP contribution < -0.4 is 0 Å². The van der Waals surface area contributed by atoms with Crippen molar-refractivity contribution in [2.24, 2.45) is 11.8 Å². The van der Waals surface area contributed by atoms with Crippen molar-refractivity contribution in [1.82, 2.24) is 0 Å². The molecule has 3 atom stereocenters. The average molecular weight is 365 g/mol. The summed E-state index contributed by atoms with van der Waals surface area (Å²) in [6, 6.07) is 0. The van der Waals surface area contributed by atoms with Crippen LogP contribution in [0.15, 0.2) is 24.3 Å². The van der Waals surface area contributed by atoms with E-state index in [1.165, 1.54) is 19.3 Å². The molecule has 0 aliphatic heterocycles. The van der Waals surface area contributed by atoms with E-state index < -0.39 is 12.1 Å². The van der Waals surface area contributed by atoms with Crippen LogP contribution in [-0.2, 0) is 9.59 Å². The molecule has 0 aromatic rings. The number of carbonyl (C=O) groups is 2. The maximum absolute atomic E-state index is 12.2. The Labute approximate surface area is 158 Å². The summed E-state index contributed by atoms with van der Waals surface area (Å²) in [4.78, 5) is 22.6. The molecule has 2 N–H and O–H groups in total. The van der Waals surface area contributed by atoms with Gasteiger partial charge in [-0.15, -0.1) is 0 Å². The van der Waals surface area contributed by atoms with Crippen molar-refractivity contribution in [1.29, 1.82) is 0 Å². The van der Waals surface area contributed by atoms with Crippen LogP contribution in [0.1, 0.15) is 84.0 Å². The van der Waals surface area contributed by atoms with E-state index in [0.717, 1.165) is 38.5 Å². The highest BCUT2D eigenvalue weighted by Crippen LogP contribution is 2.34. The van der Waals surface area contributed by atoms with Gasteiger partial charge in [0.05, 0.1) is 6.10 Å². The lowest BCUT2D eigenvalue weighted by Gasteiger charge is -2.18. The molecule has 0 bridgehead atoms. The highest BCUT2D eigenvalue weighted by Gasteiger charge is 2.39. The molecule has 1 rings (SSSR count). The van der Waals surface area contributed by atoms with Gasteiger partial charge in [-0.2, -0.15) is 0 Å². The molecule has 0 radical (unpaired) electrons. The maximum Gasteiger partial charge on any atom is 0.303 e. The molecule has 148 valence electrons. The Balaban J connectivity index is 2.29. The van der Waals surface area contributed by atoms with Gasteiger partial charge in [-0.25, -0.2) is 0 Å². The fourth-order valence-corrected chi connectivity index (χ4v) is 3.60. The van der Waals surface area contributed by atoms with E-state index in [4.69, 9.17) is 5.11 Å². The number of ketones is 1. The zero-order valence-corrected chi connectivity index (χ0v) is 16.2. The van der Waals surface area contributed by atoms with Crippen molar-refractivity contribution in [3.63, 3.8) is 0 Å². The predicted molar refractivity (Wildman–Crippen MR) is 105 cm³/mol. The molecule has 0 aromatic heterocycles. The summed E-state index contributed by atoms with van der Waals surface area (Å²) in [5, 5.41) is 18.8. The molecule has 0 amide bonds. The van der Waals surface area contributed by atoms with E-state index in [2.05, 4.69) is 31.2 Å². The molecule has 0 saturated heterocycles. The monoisotopic (exact) mass is 364 g/mol. The zero-order valence-electron chi connectivity index (χ0n) is 16.2. The highest BCUT2D eigenvalue weighted by atomic mass is 16.4. The topological polar surface area (TPSA) is 74.6 Å². The van der Waals surface area contributed by atoms with Crippen molar-refractivity contribution in [2.45, 2.75) is 90.1 Å². The van der Waals surface area contributed by atoms with Crippen LogP contribution in [0.5, 0.6) is 0 Å². The third kappa shape index (κ3) is 9.33. The summed E-state index contributed by atoms with van der Waals surface area (Å²) in [6.45, 7) is 2.19. The summed E-state index contributed by atoms with van der Waals surface area (Å²) in [6.07, 6.45) is 18.3. The minimum absolute atomic E-state index is 0.0464. The molecule has 26 heavy (non-hydrogen) atoms. The molecule has 1 saturated carbocycles. The Morgan fingerprint density at radius 2 is 1.65 bits per heavy atom. The Morgan fingerprint density at radius 3 is 2.31 bits per heavy atom. The summed E-state index contributed by atoms with van der Waals surface area (Å²) < 4.78 is 0. The molecule has 1 aliphatic carbocycles. The molecule has 0 spiro atoms. The Hall–Kier alpha value is -1.42. The third-order valence-electron chi connectivity index (χ3n) is 5.20. The summed E-state index contributed by atoms with van der Waals surface area (Å²) >= 11 is 0. The number of unbranched alkanes of at least 4 members (excludes halogenated alkanes) is 6. The molecular formula is C22H36O4. The standard InChI is InChI=1S/C22H36O4/c1-2-3-4-5-8-11-14-18-19(21(24)17-20(18)23)15-12-9-6-7-10-13-16-22(25)26/h8-9,11-12,18-20,23H,2-7,10,13-17H2,1H3,(H,25,26)/b11-8+,12-9+/t18-,19-,20-/m1/s1. The number of aliphatic hydroxyl groups excluding tert-OH is 1. The second-order valence-electron chi connectivity index (χ2n) is 7.41. The molecule has 0 aromatic carbocycles. The summed E-state index contributed by atoms with van der Waals surface area (Å²) in [7, 11) is 0. The number of hydrogen-bond acceptors (Lipinski definition) is 3. The van der Waals surface area contributed by atoms with Gasteiger partial charge in [0.2, 0.25) is 0 Å². The fourth-order valence-electron chi connectivity index (χ4n) is 3.60. The minimum Gasteiger partial charge on any atom is -0.481 e. The minimum atomic E-state index is -0.732. The Morgan fingerprint density at radius 1 is 1.00 bits per heavy atom. The predicted octanol–water partition coefficient (Wildman–Crippen LogP) is 5.06. The number of aliphatic hydroxyl groups is 1. The number of rotatable bonds is 14. The van der Waals surface area contributed by atoms with Gasteiger partial charge in [0.25, 0.3) is 0 Å². The molecule has 1 aliphatic rings. The third-order valence-corrected chi connectivity index (χ3v) is 5.20. The van der Waals surface area contributed by atoms with Crippen molar-refractivity contribution in [2.75, 3.05) is 0 Å². The highest BCUT2D eigenvalue weighted by molar-refractivity contribution is 5.84. The van der Waals surface area contributed by atoms with E-state index in [0.29, 0.717) is 12.8 Å². The first-order valence-electron chi connectivity index (χ1n) is 10.3. The Bertz CT molecular complexity index is 467. The van der Waals surface area contributed by atoms with E-state index in [1.807, 2.05) is 0 Å². The number of aliphatic carboxylic acids is 1. The van der Waals surface area contributed by atoms with Gasteiger partial charge >= 0.3 is 5.97 Å². The lowest BCUT2D eigenvalue weighted by atomic mass is 9.88. The molecule has 0 unspecified atom stereocenters. The second-order valence-corrected chi connectivity index (χ2v) is 7.41. The van der Waals surface area contributed by atoms with Crippen LogP contribution in [-0.4, -0.2) is 28.1 Å². The summed E-state index contributed by atoms with van der Waals surface area (Å²) in [5.74, 6) is -0.559. The van der Waals surface area contributed by atoms with Crippen LogP contribution in [0.2, 0.25) is 0 Å². The van der Waals surface area contributed by atoms with Crippen molar-refractivity contribution >= 4 is 11.8 Å². The number of carboxylic acids is 1. The molecule has 0 heterocycles. The SMILES string of the molecule is CCCCC/C=C/C[C@H]1[C@H](O)CC(=O)[C@@H]1C/C=C/CCCCCC(=O)O. The van der Waals surface area contributed by atoms with Gasteiger partial charge in [0, 0.05) is 18.8 Å². The van der Waals surface area contributed by atoms with Crippen molar-refractivity contribution < 1.29 is 19.8 Å². The fraction of sp³-hybridized carbons (Fsp3) is 0.727. The zero-order chi connectivity index (χ0) is 19.2. The van der Waals surface area contributed by atoms with E-state index >= 15 is 0 Å². The van der Waals surface area contributed by atoms with Gasteiger partial charge in [0.1, 0.15) is 5.78 Å². The van der Waals surface area contributed by atoms with Crippen molar-refractivity contribution in [3.05, 3.63) is 24.3 Å². The first-order chi connectivity index (χ1) is 12.6. The van der Waals surface area contributed by atoms with Crippen LogP contribution in [0.4, 0.5) is 0 Å². The normalized spacial score (nSPS) is 23.5. The van der Waals surface area contributed by atoms with Gasteiger partial charge in [-0.1, -0.05) is 50.5 Å². The summed E-state index contributed by atoms with van der Waals surface area (Å²) in [5.41, 5.74) is 0. The maximum atomic E-state index is 12.2. The van der Waals surface area contributed by atoms with Crippen molar-refractivity contribution in [3.8, 4) is 0 Å². The van der Waals surface area contributed by atoms with Crippen LogP contribution in [0.3, 0.4) is 0 Å². The van der Waals surface area contributed by atoms with Gasteiger partial charge in [-0.3, -0.25) is 9.59 Å². The Kier molecular flexibility index (Phi) is 12.0. The van der Waals surface area contributed by atoms with Crippen LogP contribution in [0, 0.1) is 11.8 Å². The van der Waals surface area contributed by atoms with Crippen LogP contribution >= 0.6 is 0 Å². The van der Waals surface area contributed by atoms with Gasteiger partial charge in [0.15, 0.2) is 0 Å². The number of carboxylic acid groups (broad SMARTS) is 1. The van der Waals surface area contributed by atoms with E-state index in [-0.39, 0.29) is 24.0 Å². The lowest BCUT2D eigenvalue weighted by molar-refractivity contribution is -0.137. The van der Waals surface area contributed by atoms with E-state index in [9.17, 15) is 14.7 Å². The number of hydrogen-bond donors (Lipinski definition) is 2. The number of Topliss-reactive ketones (excluding diaryl/α,β-unsaturated/α-hetero) is 1. The van der Waals surface area contributed by atoms with Gasteiger partial charge in [-0.05, 0) is 50.9 Å². The number of allylic oxidation sites excluding steroid dienone is 4. The smallest absolute Gasteiger partial charge is 0.303 e. The quantitative estimate of drug-likeness (QED) is 0.334. The first kappa shape index (κ1) is 22.6. The number of carbonyl (C=O) groups excluding carboxylic acids is 1. The lowest BCUT2D eigenvalue weighted by Crippen LogP contribution is -2.19. The van der Waals surface area contributed by atoms with Gasteiger partial charge < -0.3 is 10.2 Å². The molecule has 4 heteroatoms. The van der Waals surface area contributed by atoms with E-state index in [1.54, 1.807) is 0 Å². The van der Waals surface area contributed by atoms with Crippen LogP contribution in [0.25, 0.3) is 0 Å². The average Bonchev–Trinajstić information content (AvgIpc) is 2.86. The first-order valence-corrected chi connectivity index (χ1v) is 10.3. The largest absolute Gasteiger partial charge is 0.481 e. The molecule has 1 fully saturated rings. The molecular weight excluding hydrogens is 328 g/mol. The molecule has 4 nitrogen and oxygen atoms in total.